The van der Waals surface area contributed by atoms with Crippen molar-refractivity contribution in [2.75, 3.05) is 6.54 Å². The van der Waals surface area contributed by atoms with Crippen LogP contribution in [0.2, 0.25) is 0 Å². The summed E-state index contributed by atoms with van der Waals surface area (Å²) in [5.41, 5.74) is 0.165. The molecular formula is C15H18F3N3O4S. The number of ether oxygens (including phenoxy) is 1. The van der Waals surface area contributed by atoms with Gasteiger partial charge in [-0.15, -0.1) is 13.2 Å². The van der Waals surface area contributed by atoms with Crippen molar-refractivity contribution in [1.82, 2.24) is 15.4 Å². The van der Waals surface area contributed by atoms with Crippen molar-refractivity contribution in [2.24, 2.45) is 0 Å². The van der Waals surface area contributed by atoms with E-state index in [0.717, 1.165) is 6.07 Å². The van der Waals surface area contributed by atoms with Crippen molar-refractivity contribution in [3.8, 4) is 5.75 Å². The number of para-hydroxylation sites is 1. The molecule has 7 nitrogen and oxygen atoms in total. The predicted molar refractivity (Wildman–Crippen MR) is 85.8 cm³/mol. The lowest BCUT2D eigenvalue weighted by Gasteiger charge is -2.14. The lowest BCUT2D eigenvalue weighted by molar-refractivity contribution is -0.274. The molecule has 1 atom stereocenters. The number of hydrogen-bond donors (Lipinski definition) is 3. The number of rotatable bonds is 5. The predicted octanol–water partition coefficient (Wildman–Crippen LogP) is 1.61. The summed E-state index contributed by atoms with van der Waals surface area (Å²) in [5.74, 6) is -0.389. The number of alkyl halides is 3. The molecule has 2 amide bonds. The van der Waals surface area contributed by atoms with Crippen LogP contribution in [0.1, 0.15) is 24.8 Å². The molecule has 0 aromatic heterocycles. The van der Waals surface area contributed by atoms with Gasteiger partial charge in [-0.05, 0) is 25.3 Å². The van der Waals surface area contributed by atoms with Gasteiger partial charge in [-0.2, -0.15) is 0 Å². The third-order valence-electron chi connectivity index (χ3n) is 4.46. The molecule has 1 aromatic rings. The van der Waals surface area contributed by atoms with Crippen molar-refractivity contribution in [1.29, 1.82) is 0 Å². The number of sulfonamides is 1. The van der Waals surface area contributed by atoms with Crippen LogP contribution in [-0.4, -0.2) is 38.1 Å². The molecule has 0 bridgehead atoms. The average Bonchev–Trinajstić information content (AvgIpc) is 3.26. The average molecular weight is 393 g/mol. The van der Waals surface area contributed by atoms with Crippen molar-refractivity contribution >= 4 is 16.1 Å². The second-order valence-electron chi connectivity index (χ2n) is 6.42. The van der Waals surface area contributed by atoms with Crippen LogP contribution < -0.4 is 20.1 Å². The molecule has 2 aliphatic rings. The van der Waals surface area contributed by atoms with Crippen LogP contribution in [0, 0.1) is 0 Å². The summed E-state index contributed by atoms with van der Waals surface area (Å²) in [6.07, 6.45) is -3.13. The van der Waals surface area contributed by atoms with Crippen LogP contribution in [0.3, 0.4) is 0 Å². The van der Waals surface area contributed by atoms with Gasteiger partial charge in [0.05, 0.1) is 4.75 Å². The first-order valence-corrected chi connectivity index (χ1v) is 9.46. The van der Waals surface area contributed by atoms with E-state index in [4.69, 9.17) is 0 Å². The van der Waals surface area contributed by atoms with Crippen molar-refractivity contribution in [2.45, 2.75) is 43.0 Å². The minimum absolute atomic E-state index is 0.105. The smallest absolute Gasteiger partial charge is 0.405 e. The molecule has 0 radical (unpaired) electrons. The molecule has 1 saturated carbocycles. The van der Waals surface area contributed by atoms with Gasteiger partial charge in [0, 0.05) is 24.7 Å². The van der Waals surface area contributed by atoms with Gasteiger partial charge >= 0.3 is 12.4 Å². The molecule has 144 valence electrons. The minimum Gasteiger partial charge on any atom is -0.405 e. The second kappa shape index (κ2) is 6.62. The second-order valence-corrected chi connectivity index (χ2v) is 8.53. The number of amides is 2. The molecule has 1 aliphatic heterocycles. The van der Waals surface area contributed by atoms with Gasteiger partial charge in [0.2, 0.25) is 10.0 Å². The summed E-state index contributed by atoms with van der Waals surface area (Å²) in [4.78, 5) is 11.8. The van der Waals surface area contributed by atoms with E-state index in [-0.39, 0.29) is 30.4 Å². The highest BCUT2D eigenvalue weighted by Gasteiger charge is 2.60. The number of hydrogen-bond acceptors (Lipinski definition) is 4. The zero-order valence-electron chi connectivity index (χ0n) is 13.6. The van der Waals surface area contributed by atoms with E-state index in [9.17, 15) is 26.4 Å². The molecule has 1 unspecified atom stereocenters. The Hall–Kier alpha value is -2.01. The van der Waals surface area contributed by atoms with Crippen LogP contribution in [0.4, 0.5) is 18.0 Å². The third-order valence-corrected chi connectivity index (χ3v) is 6.82. The van der Waals surface area contributed by atoms with Crippen LogP contribution in [0.5, 0.6) is 5.75 Å². The summed E-state index contributed by atoms with van der Waals surface area (Å²) >= 11 is 0. The lowest BCUT2D eigenvalue weighted by Crippen LogP contribution is -2.42. The Kier molecular flexibility index (Phi) is 4.78. The normalized spacial score (nSPS) is 22.8. The molecule has 3 N–H and O–H groups in total. The number of halogens is 3. The number of nitrogens with one attached hydrogen (secondary N) is 3. The van der Waals surface area contributed by atoms with E-state index in [0.29, 0.717) is 19.3 Å². The number of benzene rings is 1. The molecule has 1 spiro atoms. The first-order valence-electron chi connectivity index (χ1n) is 7.97. The number of carbonyl (C=O) groups excluding carboxylic acids is 1. The number of urea groups is 1. The van der Waals surface area contributed by atoms with Gasteiger partial charge in [-0.25, -0.2) is 17.9 Å². The van der Waals surface area contributed by atoms with E-state index in [1.807, 2.05) is 0 Å². The molecule has 2 fully saturated rings. The quantitative estimate of drug-likeness (QED) is 0.708. The molecule has 1 heterocycles. The molecule has 11 heteroatoms. The van der Waals surface area contributed by atoms with Gasteiger partial charge in [0.1, 0.15) is 5.75 Å². The molecule has 1 aliphatic carbocycles. The van der Waals surface area contributed by atoms with Gasteiger partial charge in [0.15, 0.2) is 0 Å². The Labute approximate surface area is 148 Å². The summed E-state index contributed by atoms with van der Waals surface area (Å²) in [5, 5.41) is 4.96. The van der Waals surface area contributed by atoms with Gasteiger partial charge in [-0.3, -0.25) is 0 Å². The van der Waals surface area contributed by atoms with E-state index in [2.05, 4.69) is 20.1 Å². The molecule has 1 aromatic carbocycles. The fourth-order valence-corrected chi connectivity index (χ4v) is 4.91. The Morgan fingerprint density at radius 2 is 1.96 bits per heavy atom. The molecule has 3 rings (SSSR count). The monoisotopic (exact) mass is 393 g/mol. The van der Waals surface area contributed by atoms with Crippen LogP contribution >= 0.6 is 0 Å². The summed E-state index contributed by atoms with van der Waals surface area (Å²) in [6.45, 7) is -0.0636. The lowest BCUT2D eigenvalue weighted by atomic mass is 10.1. The Balaban J connectivity index is 1.48. The first-order chi connectivity index (χ1) is 12.1. The zero-order valence-corrected chi connectivity index (χ0v) is 14.4. The maximum Gasteiger partial charge on any atom is 0.573 e. The standard InChI is InChI=1S/C15H18F3N3O4S/c16-15(17,18)25-12-4-2-1-3-10(12)8-19-13(22)20-9-11-7-14(5-6-14)26(23,24)21-11/h1-4,11,21H,5-9H2,(H2,19,20,22). The molecular weight excluding hydrogens is 375 g/mol. The van der Waals surface area contributed by atoms with E-state index in [1.165, 1.54) is 18.2 Å². The Bertz CT molecular complexity index is 794. The van der Waals surface area contributed by atoms with Crippen LogP contribution in [0.15, 0.2) is 24.3 Å². The largest absolute Gasteiger partial charge is 0.573 e. The number of carbonyl (C=O) groups is 1. The van der Waals surface area contributed by atoms with Crippen molar-refractivity contribution in [3.05, 3.63) is 29.8 Å². The van der Waals surface area contributed by atoms with Gasteiger partial charge in [-0.1, -0.05) is 18.2 Å². The van der Waals surface area contributed by atoms with E-state index < -0.39 is 27.2 Å². The summed E-state index contributed by atoms with van der Waals surface area (Å²) in [6, 6.07) is 4.50. The van der Waals surface area contributed by atoms with Crippen molar-refractivity contribution in [3.63, 3.8) is 0 Å². The zero-order chi connectivity index (χ0) is 19.0. The summed E-state index contributed by atoms with van der Waals surface area (Å²) < 4.78 is 66.7. The van der Waals surface area contributed by atoms with Gasteiger partial charge < -0.3 is 15.4 Å². The highest BCUT2D eigenvalue weighted by molar-refractivity contribution is 7.91. The maximum absolute atomic E-state index is 12.4. The van der Waals surface area contributed by atoms with Crippen molar-refractivity contribution < 1.29 is 31.1 Å². The highest BCUT2D eigenvalue weighted by Crippen LogP contribution is 2.50. The van der Waals surface area contributed by atoms with E-state index >= 15 is 0 Å². The Morgan fingerprint density at radius 3 is 2.58 bits per heavy atom. The minimum atomic E-state index is -4.82. The fourth-order valence-electron chi connectivity index (χ4n) is 3.00. The fraction of sp³-hybridized carbons (Fsp3) is 0.533. The van der Waals surface area contributed by atoms with Crippen LogP contribution in [0.25, 0.3) is 0 Å². The topological polar surface area (TPSA) is 96.5 Å². The maximum atomic E-state index is 12.4. The van der Waals surface area contributed by atoms with Crippen LogP contribution in [-0.2, 0) is 16.6 Å². The highest BCUT2D eigenvalue weighted by atomic mass is 32.2. The van der Waals surface area contributed by atoms with Gasteiger partial charge in [0.25, 0.3) is 0 Å². The first kappa shape index (κ1) is 18.8. The van der Waals surface area contributed by atoms with E-state index in [1.54, 1.807) is 0 Å². The Morgan fingerprint density at radius 1 is 1.27 bits per heavy atom. The molecule has 1 saturated heterocycles. The third kappa shape index (κ3) is 4.21. The molecule has 26 heavy (non-hydrogen) atoms. The summed E-state index contributed by atoms with van der Waals surface area (Å²) in [7, 11) is -3.33. The SMILES string of the molecule is O=C(NCc1ccccc1OC(F)(F)F)NCC1CC2(CC2)S(=O)(=O)N1.